The van der Waals surface area contributed by atoms with Gasteiger partial charge in [0.15, 0.2) is 5.76 Å². The van der Waals surface area contributed by atoms with Gasteiger partial charge in [0.25, 0.3) is 0 Å². The highest BCUT2D eigenvalue weighted by atomic mass is 35.5. The molecular weight excluding hydrogens is 240 g/mol. The summed E-state index contributed by atoms with van der Waals surface area (Å²) in [6.07, 6.45) is 2.95. The molecule has 1 aromatic carbocycles. The molecule has 0 spiro atoms. The maximum absolute atomic E-state index is 11.4. The highest BCUT2D eigenvalue weighted by Crippen LogP contribution is 2.07. The molecule has 1 heterocycles. The molecule has 0 saturated heterocycles. The molecule has 2 rings (SSSR count). The number of carbonyl (C=O) groups is 1. The molecule has 1 amide bonds. The molecule has 4 nitrogen and oxygen atoms in total. The van der Waals surface area contributed by atoms with Crippen molar-refractivity contribution >= 4 is 23.7 Å². The topological polar surface area (TPSA) is 54.6 Å². The van der Waals surface area contributed by atoms with Crippen LogP contribution in [0.3, 0.4) is 0 Å². The van der Waals surface area contributed by atoms with E-state index < -0.39 is 0 Å². The standard InChI is InChI=1S/C12H9ClN2O2/c13-10-5-3-9(4-6-10)8-14-15-12(16)11-2-1-7-17-11/h1-8H,(H,15,16). The van der Waals surface area contributed by atoms with Gasteiger partial charge in [-0.3, -0.25) is 4.79 Å². The van der Waals surface area contributed by atoms with Crippen molar-refractivity contribution < 1.29 is 9.21 Å². The number of benzene rings is 1. The van der Waals surface area contributed by atoms with E-state index in [0.717, 1.165) is 5.56 Å². The third kappa shape index (κ3) is 3.19. The molecule has 0 bridgehead atoms. The van der Waals surface area contributed by atoms with Crippen molar-refractivity contribution in [1.82, 2.24) is 5.43 Å². The molecule has 1 aromatic heterocycles. The first-order valence-electron chi connectivity index (χ1n) is 4.88. The third-order valence-corrected chi connectivity index (χ3v) is 2.25. The summed E-state index contributed by atoms with van der Waals surface area (Å²) in [6.45, 7) is 0. The summed E-state index contributed by atoms with van der Waals surface area (Å²) in [5, 5.41) is 4.45. The van der Waals surface area contributed by atoms with Crippen molar-refractivity contribution in [2.75, 3.05) is 0 Å². The Morgan fingerprint density at radius 3 is 2.71 bits per heavy atom. The zero-order chi connectivity index (χ0) is 12.1. The summed E-state index contributed by atoms with van der Waals surface area (Å²) in [6, 6.07) is 10.3. The van der Waals surface area contributed by atoms with E-state index in [1.54, 1.807) is 36.4 Å². The average molecular weight is 249 g/mol. The molecule has 2 aromatic rings. The van der Waals surface area contributed by atoms with Crippen molar-refractivity contribution in [3.8, 4) is 0 Å². The molecule has 0 radical (unpaired) electrons. The van der Waals surface area contributed by atoms with Crippen LogP contribution < -0.4 is 5.43 Å². The Hall–Kier alpha value is -2.07. The Labute approximate surface area is 103 Å². The fourth-order valence-corrected chi connectivity index (χ4v) is 1.30. The summed E-state index contributed by atoms with van der Waals surface area (Å²) < 4.78 is 4.91. The normalized spacial score (nSPS) is 10.6. The molecule has 1 N–H and O–H groups in total. The van der Waals surface area contributed by atoms with Gasteiger partial charge in [0.05, 0.1) is 12.5 Å². The fraction of sp³-hybridized carbons (Fsp3) is 0. The summed E-state index contributed by atoms with van der Waals surface area (Å²) in [5.74, 6) is -0.168. The number of nitrogens with zero attached hydrogens (tertiary/aromatic N) is 1. The number of hydrogen-bond acceptors (Lipinski definition) is 3. The van der Waals surface area contributed by atoms with Crippen molar-refractivity contribution in [2.45, 2.75) is 0 Å². The lowest BCUT2D eigenvalue weighted by Gasteiger charge is -1.95. The van der Waals surface area contributed by atoms with Crippen molar-refractivity contribution in [3.05, 3.63) is 59.0 Å². The van der Waals surface area contributed by atoms with Crippen LogP contribution in [0.15, 0.2) is 52.2 Å². The Kier molecular flexibility index (Phi) is 3.57. The number of hydrazone groups is 1. The van der Waals surface area contributed by atoms with Crippen LogP contribution in [0.2, 0.25) is 5.02 Å². The van der Waals surface area contributed by atoms with E-state index in [-0.39, 0.29) is 11.7 Å². The number of amides is 1. The lowest BCUT2D eigenvalue weighted by atomic mass is 10.2. The average Bonchev–Trinajstić information content (AvgIpc) is 2.85. The second-order valence-electron chi connectivity index (χ2n) is 3.23. The minimum atomic E-state index is -0.389. The van der Waals surface area contributed by atoms with Crippen LogP contribution in [0.1, 0.15) is 16.1 Å². The molecule has 5 heteroatoms. The smallest absolute Gasteiger partial charge is 0.307 e. The minimum absolute atomic E-state index is 0.221. The molecule has 0 atom stereocenters. The van der Waals surface area contributed by atoms with Gasteiger partial charge in [0.2, 0.25) is 0 Å². The van der Waals surface area contributed by atoms with Crippen LogP contribution in [-0.2, 0) is 0 Å². The zero-order valence-electron chi connectivity index (χ0n) is 8.76. The van der Waals surface area contributed by atoms with E-state index in [1.807, 2.05) is 0 Å². The molecule has 0 aliphatic rings. The van der Waals surface area contributed by atoms with Crippen LogP contribution in [-0.4, -0.2) is 12.1 Å². The quantitative estimate of drug-likeness (QED) is 0.671. The van der Waals surface area contributed by atoms with Gasteiger partial charge in [-0.2, -0.15) is 5.10 Å². The van der Waals surface area contributed by atoms with Crippen LogP contribution in [0, 0.1) is 0 Å². The first-order chi connectivity index (χ1) is 8.25. The SMILES string of the molecule is O=C(NN=Cc1ccc(Cl)cc1)c1ccco1. The number of carbonyl (C=O) groups excluding carboxylic acids is 1. The Morgan fingerprint density at radius 1 is 1.29 bits per heavy atom. The number of furan rings is 1. The lowest BCUT2D eigenvalue weighted by Crippen LogP contribution is -2.16. The van der Waals surface area contributed by atoms with Gasteiger partial charge in [0.1, 0.15) is 0 Å². The Morgan fingerprint density at radius 2 is 2.06 bits per heavy atom. The van der Waals surface area contributed by atoms with E-state index >= 15 is 0 Å². The zero-order valence-corrected chi connectivity index (χ0v) is 9.52. The molecule has 0 aliphatic carbocycles. The minimum Gasteiger partial charge on any atom is -0.459 e. The van der Waals surface area contributed by atoms with Crippen LogP contribution in [0.4, 0.5) is 0 Å². The summed E-state index contributed by atoms with van der Waals surface area (Å²) in [4.78, 5) is 11.4. The summed E-state index contributed by atoms with van der Waals surface area (Å²) in [7, 11) is 0. The van der Waals surface area contributed by atoms with E-state index in [1.165, 1.54) is 12.5 Å². The number of rotatable bonds is 3. The van der Waals surface area contributed by atoms with Crippen molar-refractivity contribution in [3.63, 3.8) is 0 Å². The first kappa shape index (κ1) is 11.4. The fourth-order valence-electron chi connectivity index (χ4n) is 1.18. The predicted octanol–water partition coefficient (Wildman–Crippen LogP) is 2.70. The molecule has 0 aliphatic heterocycles. The molecule has 0 saturated carbocycles. The van der Waals surface area contributed by atoms with E-state index in [9.17, 15) is 4.79 Å². The summed E-state index contributed by atoms with van der Waals surface area (Å²) in [5.41, 5.74) is 3.19. The maximum Gasteiger partial charge on any atom is 0.307 e. The van der Waals surface area contributed by atoms with Gasteiger partial charge >= 0.3 is 5.91 Å². The highest BCUT2D eigenvalue weighted by Gasteiger charge is 2.05. The van der Waals surface area contributed by atoms with Gasteiger partial charge in [-0.25, -0.2) is 5.43 Å². The molecule has 17 heavy (non-hydrogen) atoms. The van der Waals surface area contributed by atoms with Crippen molar-refractivity contribution in [1.29, 1.82) is 0 Å². The third-order valence-electron chi connectivity index (χ3n) is 1.99. The van der Waals surface area contributed by atoms with Gasteiger partial charge in [-0.05, 0) is 29.8 Å². The van der Waals surface area contributed by atoms with Gasteiger partial charge in [-0.15, -0.1) is 0 Å². The van der Waals surface area contributed by atoms with Crippen LogP contribution >= 0.6 is 11.6 Å². The van der Waals surface area contributed by atoms with Gasteiger partial charge in [-0.1, -0.05) is 23.7 Å². The number of halogens is 1. The second kappa shape index (κ2) is 5.32. The highest BCUT2D eigenvalue weighted by molar-refractivity contribution is 6.30. The Balaban J connectivity index is 1.94. The molecule has 0 unspecified atom stereocenters. The van der Waals surface area contributed by atoms with Crippen LogP contribution in [0.5, 0.6) is 0 Å². The van der Waals surface area contributed by atoms with E-state index in [0.29, 0.717) is 5.02 Å². The molecular formula is C12H9ClN2O2. The second-order valence-corrected chi connectivity index (χ2v) is 3.66. The van der Waals surface area contributed by atoms with Gasteiger partial charge < -0.3 is 4.42 Å². The lowest BCUT2D eigenvalue weighted by molar-refractivity contribution is 0.0927. The first-order valence-corrected chi connectivity index (χ1v) is 5.26. The Bertz CT molecular complexity index is 518. The monoisotopic (exact) mass is 248 g/mol. The predicted molar refractivity (Wildman–Crippen MR) is 65.2 cm³/mol. The van der Waals surface area contributed by atoms with Gasteiger partial charge in [0, 0.05) is 5.02 Å². The number of hydrogen-bond donors (Lipinski definition) is 1. The molecule has 86 valence electrons. The molecule has 0 fully saturated rings. The summed E-state index contributed by atoms with van der Waals surface area (Å²) >= 11 is 5.74. The largest absolute Gasteiger partial charge is 0.459 e. The van der Waals surface area contributed by atoms with E-state index in [4.69, 9.17) is 16.0 Å². The van der Waals surface area contributed by atoms with Crippen molar-refractivity contribution in [2.24, 2.45) is 5.10 Å². The maximum atomic E-state index is 11.4. The van der Waals surface area contributed by atoms with E-state index in [2.05, 4.69) is 10.5 Å². The van der Waals surface area contributed by atoms with Crippen LogP contribution in [0.25, 0.3) is 0 Å². The number of nitrogens with one attached hydrogen (secondary N) is 1.